The average molecular weight is 442 g/mol. The molecule has 6 heteroatoms. The molecule has 2 saturated carbocycles. The fourth-order valence-electron chi connectivity index (χ4n) is 8.14. The number of amides is 2. The summed E-state index contributed by atoms with van der Waals surface area (Å²) in [7, 11) is 1.97. The summed E-state index contributed by atoms with van der Waals surface area (Å²) < 4.78 is 0. The van der Waals surface area contributed by atoms with Crippen LogP contribution >= 0.6 is 11.3 Å². The second-order valence-electron chi connectivity index (χ2n) is 11.0. The number of likely N-dealkylation sites (tertiary alicyclic amines) is 1. The van der Waals surface area contributed by atoms with E-state index in [2.05, 4.69) is 31.1 Å². The van der Waals surface area contributed by atoms with Crippen LogP contribution in [-0.2, 0) is 9.59 Å². The monoisotopic (exact) mass is 441 g/mol. The number of carbonyl (C=O) groups is 2. The molecular weight excluding hydrogens is 406 g/mol. The minimum Gasteiger partial charge on any atom is -0.319 e. The number of nitrogens with one attached hydrogen (secondary N) is 1. The second kappa shape index (κ2) is 7.16. The number of rotatable bonds is 2. The molecule has 168 valence electrons. The molecule has 5 nitrogen and oxygen atoms in total. The molecule has 1 aromatic rings. The topological polar surface area (TPSA) is 62.3 Å². The highest BCUT2D eigenvalue weighted by atomic mass is 32.1. The fourth-order valence-corrected chi connectivity index (χ4v) is 8.83. The maximum absolute atomic E-state index is 13.3. The molecule has 0 aromatic carbocycles. The molecule has 1 unspecified atom stereocenters. The quantitative estimate of drug-likeness (QED) is 0.670. The van der Waals surface area contributed by atoms with Crippen LogP contribution in [0.1, 0.15) is 71.4 Å². The number of piperidine rings is 1. The number of aromatic nitrogens is 1. The number of fused-ring (bicyclic) bond motifs is 5. The Labute approximate surface area is 189 Å². The van der Waals surface area contributed by atoms with Crippen LogP contribution in [0, 0.1) is 41.4 Å². The normalized spacial score (nSPS) is 39.8. The van der Waals surface area contributed by atoms with Crippen molar-refractivity contribution >= 4 is 28.3 Å². The smallest absolute Gasteiger partial charge is 0.229 e. The van der Waals surface area contributed by atoms with Crippen LogP contribution in [0.15, 0.2) is 16.7 Å². The minimum atomic E-state index is 0.0576. The van der Waals surface area contributed by atoms with E-state index in [-0.39, 0.29) is 28.6 Å². The Balaban J connectivity index is 1.42. The lowest BCUT2D eigenvalue weighted by molar-refractivity contribution is -0.137. The molecule has 3 aliphatic carbocycles. The highest BCUT2D eigenvalue weighted by molar-refractivity contribution is 7.13. The van der Waals surface area contributed by atoms with E-state index in [1.807, 2.05) is 24.3 Å². The Morgan fingerprint density at radius 1 is 1.19 bits per heavy atom. The zero-order chi connectivity index (χ0) is 22.1. The largest absolute Gasteiger partial charge is 0.319 e. The molecule has 5 rings (SSSR count). The van der Waals surface area contributed by atoms with Gasteiger partial charge in [0.15, 0.2) is 5.13 Å². The van der Waals surface area contributed by atoms with E-state index < -0.39 is 0 Å². The van der Waals surface area contributed by atoms with Gasteiger partial charge in [-0.2, -0.15) is 0 Å². The van der Waals surface area contributed by atoms with Gasteiger partial charge in [-0.3, -0.25) is 9.59 Å². The SMILES string of the molecule is CC1=C2N(C)C(=O)CC[C@]2(C)[C@@H]2CC[C@]3(C)C(C(=O)Nc4nc(C)cs4)CC[C@H]3[C@@H]2C1. The lowest BCUT2D eigenvalue weighted by atomic mass is 9.48. The Morgan fingerprint density at radius 2 is 1.97 bits per heavy atom. The van der Waals surface area contributed by atoms with Gasteiger partial charge in [0, 0.05) is 35.9 Å². The summed E-state index contributed by atoms with van der Waals surface area (Å²) in [5, 5.41) is 5.84. The van der Waals surface area contributed by atoms with Crippen molar-refractivity contribution in [2.45, 2.75) is 72.6 Å². The number of carbonyl (C=O) groups excluding carboxylic acids is 2. The summed E-state index contributed by atoms with van der Waals surface area (Å²) in [4.78, 5) is 32.1. The minimum absolute atomic E-state index is 0.0576. The maximum atomic E-state index is 13.3. The Kier molecular flexibility index (Phi) is 4.89. The van der Waals surface area contributed by atoms with E-state index in [0.29, 0.717) is 24.2 Å². The summed E-state index contributed by atoms with van der Waals surface area (Å²) >= 11 is 1.51. The standard InChI is InChI=1S/C25H35N3O2S/c1-14-12-16-17-6-7-19(22(30)27-23-26-15(2)13-31-23)24(17,3)10-8-18(16)25(4)11-9-20(29)28(5)21(14)25/h13,16-19H,6-12H2,1-5H3,(H,26,27,30)/t16-,17-,18+,19?,24-,25+/m0/s1. The molecular formula is C25H35N3O2S. The Bertz CT molecular complexity index is 968. The van der Waals surface area contributed by atoms with Crippen molar-refractivity contribution in [2.24, 2.45) is 34.5 Å². The molecule has 6 atom stereocenters. The number of nitrogens with zero attached hydrogens (tertiary/aromatic N) is 2. The van der Waals surface area contributed by atoms with Crippen LogP contribution < -0.4 is 5.32 Å². The summed E-state index contributed by atoms with van der Waals surface area (Å²) in [5.41, 5.74) is 3.81. The van der Waals surface area contributed by atoms with E-state index >= 15 is 0 Å². The molecule has 2 amide bonds. The second-order valence-corrected chi connectivity index (χ2v) is 11.9. The average Bonchev–Trinajstić information content (AvgIpc) is 3.27. The fraction of sp³-hybridized carbons (Fsp3) is 0.720. The van der Waals surface area contributed by atoms with Gasteiger partial charge in [-0.05, 0) is 75.5 Å². The third kappa shape index (κ3) is 3.04. The molecule has 31 heavy (non-hydrogen) atoms. The van der Waals surface area contributed by atoms with E-state index in [1.54, 1.807) is 0 Å². The van der Waals surface area contributed by atoms with Gasteiger partial charge in [0.1, 0.15) is 0 Å². The number of thiazole rings is 1. The summed E-state index contributed by atoms with van der Waals surface area (Å²) in [6.45, 7) is 9.00. The van der Waals surface area contributed by atoms with Crippen LogP contribution in [0.5, 0.6) is 0 Å². The van der Waals surface area contributed by atoms with E-state index in [1.165, 1.54) is 22.6 Å². The van der Waals surface area contributed by atoms with Gasteiger partial charge >= 0.3 is 0 Å². The van der Waals surface area contributed by atoms with E-state index in [4.69, 9.17) is 0 Å². The van der Waals surface area contributed by atoms with Gasteiger partial charge in [0.2, 0.25) is 11.8 Å². The van der Waals surface area contributed by atoms with Crippen molar-refractivity contribution in [1.29, 1.82) is 0 Å². The predicted octanol–water partition coefficient (Wildman–Crippen LogP) is 5.38. The molecule has 2 heterocycles. The molecule has 1 saturated heterocycles. The van der Waals surface area contributed by atoms with Crippen molar-refractivity contribution in [3.05, 3.63) is 22.3 Å². The predicted molar refractivity (Wildman–Crippen MR) is 123 cm³/mol. The van der Waals surface area contributed by atoms with E-state index in [9.17, 15) is 9.59 Å². The molecule has 0 bridgehead atoms. The number of aryl methyl sites for hydroxylation is 1. The number of hydrogen-bond donors (Lipinski definition) is 1. The zero-order valence-corrected chi connectivity index (χ0v) is 20.3. The van der Waals surface area contributed by atoms with Gasteiger partial charge in [-0.1, -0.05) is 19.4 Å². The molecule has 1 aromatic heterocycles. The van der Waals surface area contributed by atoms with Crippen LogP contribution in [0.2, 0.25) is 0 Å². The molecule has 0 radical (unpaired) electrons. The number of anilines is 1. The van der Waals surface area contributed by atoms with Gasteiger partial charge in [0.25, 0.3) is 0 Å². The van der Waals surface area contributed by atoms with Crippen molar-refractivity contribution in [3.8, 4) is 0 Å². The molecule has 4 aliphatic rings. The van der Waals surface area contributed by atoms with Gasteiger partial charge in [0.05, 0.1) is 5.69 Å². The van der Waals surface area contributed by atoms with Crippen LogP contribution in [0.4, 0.5) is 5.13 Å². The Hall–Kier alpha value is -1.69. The lowest BCUT2D eigenvalue weighted by Crippen LogP contribution is -2.54. The number of allylic oxidation sites excluding steroid dienone is 2. The number of hydrogen-bond acceptors (Lipinski definition) is 4. The molecule has 1 N–H and O–H groups in total. The van der Waals surface area contributed by atoms with Crippen molar-refractivity contribution in [3.63, 3.8) is 0 Å². The lowest BCUT2D eigenvalue weighted by Gasteiger charge is -2.59. The third-order valence-corrected chi connectivity index (χ3v) is 10.4. The van der Waals surface area contributed by atoms with Gasteiger partial charge in [-0.25, -0.2) is 4.98 Å². The highest BCUT2D eigenvalue weighted by Gasteiger charge is 2.61. The van der Waals surface area contributed by atoms with Gasteiger partial charge < -0.3 is 10.2 Å². The first kappa shape index (κ1) is 21.2. The Morgan fingerprint density at radius 3 is 2.68 bits per heavy atom. The first-order valence-electron chi connectivity index (χ1n) is 11.8. The summed E-state index contributed by atoms with van der Waals surface area (Å²) in [6.07, 6.45) is 7.09. The van der Waals surface area contributed by atoms with Crippen LogP contribution in [0.3, 0.4) is 0 Å². The molecule has 3 fully saturated rings. The van der Waals surface area contributed by atoms with Crippen molar-refractivity contribution in [2.75, 3.05) is 12.4 Å². The summed E-state index contributed by atoms with van der Waals surface area (Å²) in [5.74, 6) is 2.31. The van der Waals surface area contributed by atoms with Crippen LogP contribution in [0.25, 0.3) is 0 Å². The van der Waals surface area contributed by atoms with Gasteiger partial charge in [-0.15, -0.1) is 11.3 Å². The highest BCUT2D eigenvalue weighted by Crippen LogP contribution is 2.66. The summed E-state index contributed by atoms with van der Waals surface area (Å²) in [6, 6.07) is 0. The first-order valence-corrected chi connectivity index (χ1v) is 12.7. The zero-order valence-electron chi connectivity index (χ0n) is 19.5. The van der Waals surface area contributed by atoms with E-state index in [0.717, 1.165) is 49.4 Å². The van der Waals surface area contributed by atoms with Crippen molar-refractivity contribution in [1.82, 2.24) is 9.88 Å². The molecule has 0 spiro atoms. The maximum Gasteiger partial charge on any atom is 0.229 e. The third-order valence-electron chi connectivity index (χ3n) is 9.48. The van der Waals surface area contributed by atoms with Crippen molar-refractivity contribution < 1.29 is 9.59 Å². The first-order chi connectivity index (χ1) is 14.6. The van der Waals surface area contributed by atoms with Crippen LogP contribution in [-0.4, -0.2) is 28.7 Å². The molecule has 1 aliphatic heterocycles.